The number of hydrogen-bond acceptors (Lipinski definition) is 5. The summed E-state index contributed by atoms with van der Waals surface area (Å²) in [5.41, 5.74) is 0.947. The number of carbonyl (C=O) groups is 2. The summed E-state index contributed by atoms with van der Waals surface area (Å²) >= 11 is 0. The van der Waals surface area contributed by atoms with Crippen LogP contribution in [0.3, 0.4) is 0 Å². The molecule has 2 rings (SSSR count). The monoisotopic (exact) mass is 266 g/mol. The molecule has 19 heavy (non-hydrogen) atoms. The highest BCUT2D eigenvalue weighted by atomic mass is 16.6. The third-order valence-corrected chi connectivity index (χ3v) is 2.48. The fourth-order valence-electron chi connectivity index (χ4n) is 1.58. The van der Waals surface area contributed by atoms with Crippen LogP contribution in [0, 0.1) is 0 Å². The van der Waals surface area contributed by atoms with E-state index in [2.05, 4.69) is 15.4 Å². The highest BCUT2D eigenvalue weighted by Crippen LogP contribution is 2.32. The molecule has 0 bridgehead atoms. The van der Waals surface area contributed by atoms with Crippen molar-refractivity contribution < 1.29 is 24.2 Å². The summed E-state index contributed by atoms with van der Waals surface area (Å²) in [6, 6.07) is 4.84. The van der Waals surface area contributed by atoms with E-state index in [1.165, 1.54) is 0 Å². The van der Waals surface area contributed by atoms with Gasteiger partial charge in [0.1, 0.15) is 12.4 Å². The second-order valence-electron chi connectivity index (χ2n) is 3.94. The van der Waals surface area contributed by atoms with Crippen molar-refractivity contribution in [3.63, 3.8) is 0 Å². The van der Waals surface area contributed by atoms with E-state index in [4.69, 9.17) is 9.84 Å². The smallest absolute Gasteiger partial charge is 0.411 e. The molecule has 1 aliphatic heterocycles. The van der Waals surface area contributed by atoms with Gasteiger partial charge in [-0.2, -0.15) is 0 Å². The van der Waals surface area contributed by atoms with Gasteiger partial charge in [0.25, 0.3) is 5.91 Å². The van der Waals surface area contributed by atoms with E-state index in [9.17, 15) is 9.59 Å². The molecule has 0 fully saturated rings. The molecule has 0 aromatic heterocycles. The van der Waals surface area contributed by atoms with Crippen LogP contribution in [0.1, 0.15) is 6.92 Å². The van der Waals surface area contributed by atoms with Gasteiger partial charge in [0.05, 0.1) is 12.3 Å². The quantitative estimate of drug-likeness (QED) is 0.756. The van der Waals surface area contributed by atoms with Crippen molar-refractivity contribution in [3.05, 3.63) is 18.2 Å². The Bertz CT molecular complexity index is 503. The van der Waals surface area contributed by atoms with Crippen LogP contribution in [-0.4, -0.2) is 36.4 Å². The lowest BCUT2D eigenvalue weighted by Gasteiger charge is -2.23. The average molecular weight is 266 g/mol. The standard InChI is InChI=1S/C12H14N2O5/c1-7-11(16)14-9-6-8(2-3-10(9)19-7)13-12(17)18-5-4-15/h2-3,6-7,15H,4-5H2,1H3,(H,13,17)(H,14,16). The summed E-state index contributed by atoms with van der Waals surface area (Å²) in [5.74, 6) is 0.300. The van der Waals surface area contributed by atoms with E-state index in [0.29, 0.717) is 17.1 Å². The fourth-order valence-corrected chi connectivity index (χ4v) is 1.58. The molecule has 3 N–H and O–H groups in total. The molecule has 1 aromatic rings. The van der Waals surface area contributed by atoms with Crippen LogP contribution in [0.25, 0.3) is 0 Å². The lowest BCUT2D eigenvalue weighted by molar-refractivity contribution is -0.122. The van der Waals surface area contributed by atoms with E-state index in [0.717, 1.165) is 0 Å². The van der Waals surface area contributed by atoms with Crippen LogP contribution in [0.5, 0.6) is 5.75 Å². The van der Waals surface area contributed by atoms with Crippen molar-refractivity contribution in [3.8, 4) is 5.75 Å². The number of amides is 2. The highest BCUT2D eigenvalue weighted by Gasteiger charge is 2.23. The van der Waals surface area contributed by atoms with Crippen molar-refractivity contribution in [2.45, 2.75) is 13.0 Å². The Morgan fingerprint density at radius 3 is 3.11 bits per heavy atom. The average Bonchev–Trinajstić information content (AvgIpc) is 2.38. The summed E-state index contributed by atoms with van der Waals surface area (Å²) in [6.45, 7) is 1.34. The largest absolute Gasteiger partial charge is 0.479 e. The van der Waals surface area contributed by atoms with Gasteiger partial charge >= 0.3 is 6.09 Å². The summed E-state index contributed by atoms with van der Waals surface area (Å²) in [6.07, 6.45) is -1.22. The predicted octanol–water partition coefficient (Wildman–Crippen LogP) is 0.947. The maximum atomic E-state index is 11.5. The molecule has 1 unspecified atom stereocenters. The van der Waals surface area contributed by atoms with E-state index in [1.807, 2.05) is 0 Å². The lowest BCUT2D eigenvalue weighted by atomic mass is 10.2. The number of aliphatic hydroxyl groups is 1. The molecule has 7 nitrogen and oxygen atoms in total. The second kappa shape index (κ2) is 5.57. The number of nitrogens with one attached hydrogen (secondary N) is 2. The Morgan fingerprint density at radius 2 is 2.37 bits per heavy atom. The number of aliphatic hydroxyl groups excluding tert-OH is 1. The molecular weight excluding hydrogens is 252 g/mol. The van der Waals surface area contributed by atoms with Gasteiger partial charge in [-0.05, 0) is 25.1 Å². The molecule has 1 heterocycles. The van der Waals surface area contributed by atoms with Crippen LogP contribution in [0.15, 0.2) is 18.2 Å². The maximum Gasteiger partial charge on any atom is 0.411 e. The number of hydrogen-bond donors (Lipinski definition) is 3. The number of fused-ring (bicyclic) bond motifs is 1. The van der Waals surface area contributed by atoms with E-state index >= 15 is 0 Å². The normalized spacial score (nSPS) is 16.9. The Kier molecular flexibility index (Phi) is 3.86. The van der Waals surface area contributed by atoms with Crippen LogP contribution >= 0.6 is 0 Å². The first-order valence-corrected chi connectivity index (χ1v) is 5.76. The first kappa shape index (κ1) is 13.2. The second-order valence-corrected chi connectivity index (χ2v) is 3.94. The van der Waals surface area contributed by atoms with Gasteiger partial charge in [-0.3, -0.25) is 10.1 Å². The topological polar surface area (TPSA) is 96.9 Å². The molecule has 0 radical (unpaired) electrons. The van der Waals surface area contributed by atoms with Crippen LogP contribution < -0.4 is 15.4 Å². The van der Waals surface area contributed by atoms with Gasteiger partial charge in [0.15, 0.2) is 6.10 Å². The molecule has 0 saturated carbocycles. The zero-order valence-corrected chi connectivity index (χ0v) is 10.3. The Hall–Kier alpha value is -2.28. The summed E-state index contributed by atoms with van der Waals surface area (Å²) in [7, 11) is 0. The number of rotatable bonds is 3. The maximum absolute atomic E-state index is 11.5. The van der Waals surface area contributed by atoms with Gasteiger partial charge in [0, 0.05) is 5.69 Å². The van der Waals surface area contributed by atoms with Gasteiger partial charge in [-0.1, -0.05) is 0 Å². The summed E-state index contributed by atoms with van der Waals surface area (Å²) < 4.78 is 10.0. The van der Waals surface area contributed by atoms with Crippen LogP contribution in [-0.2, 0) is 9.53 Å². The molecule has 2 amide bonds. The van der Waals surface area contributed by atoms with Crippen molar-refractivity contribution in [2.75, 3.05) is 23.8 Å². The number of anilines is 2. The summed E-state index contributed by atoms with van der Waals surface area (Å²) in [4.78, 5) is 22.7. The van der Waals surface area contributed by atoms with Crippen molar-refractivity contribution in [1.29, 1.82) is 0 Å². The van der Waals surface area contributed by atoms with Gasteiger partial charge in [0.2, 0.25) is 0 Å². The number of carbonyl (C=O) groups excluding carboxylic acids is 2. The Morgan fingerprint density at radius 1 is 1.58 bits per heavy atom. The minimum Gasteiger partial charge on any atom is -0.479 e. The highest BCUT2D eigenvalue weighted by molar-refractivity contribution is 5.98. The van der Waals surface area contributed by atoms with Gasteiger partial charge in [-0.15, -0.1) is 0 Å². The van der Waals surface area contributed by atoms with E-state index in [-0.39, 0.29) is 19.1 Å². The minimum absolute atomic E-state index is 0.0753. The predicted molar refractivity (Wildman–Crippen MR) is 67.2 cm³/mol. The molecule has 0 aliphatic carbocycles. The lowest BCUT2D eigenvalue weighted by Crippen LogP contribution is -2.34. The zero-order chi connectivity index (χ0) is 13.8. The van der Waals surface area contributed by atoms with Crippen molar-refractivity contribution in [1.82, 2.24) is 0 Å². The van der Waals surface area contributed by atoms with Gasteiger partial charge in [-0.25, -0.2) is 4.79 Å². The third-order valence-electron chi connectivity index (χ3n) is 2.48. The van der Waals surface area contributed by atoms with E-state index in [1.54, 1.807) is 25.1 Å². The number of ether oxygens (including phenoxy) is 2. The molecule has 1 aromatic carbocycles. The Labute approximate surface area is 109 Å². The van der Waals surface area contributed by atoms with Crippen LogP contribution in [0.2, 0.25) is 0 Å². The number of benzene rings is 1. The van der Waals surface area contributed by atoms with Crippen molar-refractivity contribution >= 4 is 23.4 Å². The van der Waals surface area contributed by atoms with Crippen molar-refractivity contribution in [2.24, 2.45) is 0 Å². The molecule has 1 atom stereocenters. The van der Waals surface area contributed by atoms with E-state index < -0.39 is 12.2 Å². The molecule has 1 aliphatic rings. The van der Waals surface area contributed by atoms with Gasteiger partial charge < -0.3 is 19.9 Å². The first-order chi connectivity index (χ1) is 9.10. The Balaban J connectivity index is 2.07. The third kappa shape index (κ3) is 3.14. The molecule has 0 spiro atoms. The first-order valence-electron chi connectivity index (χ1n) is 5.76. The van der Waals surface area contributed by atoms with Crippen LogP contribution in [0.4, 0.5) is 16.2 Å². The zero-order valence-electron chi connectivity index (χ0n) is 10.3. The molecule has 0 saturated heterocycles. The molecular formula is C12H14N2O5. The fraction of sp³-hybridized carbons (Fsp3) is 0.333. The summed E-state index contributed by atoms with van der Waals surface area (Å²) in [5, 5.41) is 13.7. The SMILES string of the molecule is CC1Oc2ccc(NC(=O)OCCO)cc2NC1=O. The molecule has 7 heteroatoms. The minimum atomic E-state index is -0.676. The molecule has 102 valence electrons.